The Morgan fingerprint density at radius 3 is 2.52 bits per heavy atom. The Labute approximate surface area is 160 Å². The van der Waals surface area contributed by atoms with Crippen molar-refractivity contribution in [3.8, 4) is 5.75 Å². The molecular weight excluding hydrogens is 364 g/mol. The van der Waals surface area contributed by atoms with Crippen LogP contribution < -0.4 is 10.1 Å². The first kappa shape index (κ1) is 19.4. The van der Waals surface area contributed by atoms with Crippen molar-refractivity contribution >= 4 is 21.6 Å². The van der Waals surface area contributed by atoms with E-state index in [0.717, 1.165) is 0 Å². The largest absolute Gasteiger partial charge is 0.494 e. The molecule has 1 saturated heterocycles. The Kier molecular flexibility index (Phi) is 6.13. The minimum Gasteiger partial charge on any atom is -0.494 e. The van der Waals surface area contributed by atoms with Crippen LogP contribution in [0.25, 0.3) is 0 Å². The quantitative estimate of drug-likeness (QED) is 0.825. The van der Waals surface area contributed by atoms with Crippen LogP contribution in [-0.2, 0) is 14.8 Å². The fourth-order valence-corrected chi connectivity index (χ4v) is 4.69. The van der Waals surface area contributed by atoms with E-state index in [-0.39, 0.29) is 23.3 Å². The molecular formula is C20H24N2O4S. The molecule has 0 aromatic heterocycles. The molecule has 7 heteroatoms. The van der Waals surface area contributed by atoms with Gasteiger partial charge in [0.15, 0.2) is 0 Å². The third kappa shape index (κ3) is 4.67. The third-order valence-electron chi connectivity index (χ3n) is 4.57. The summed E-state index contributed by atoms with van der Waals surface area (Å²) in [5.41, 5.74) is 0.717. The predicted octanol–water partition coefficient (Wildman–Crippen LogP) is 3.12. The Bertz CT molecular complexity index is 867. The second-order valence-electron chi connectivity index (χ2n) is 6.46. The second kappa shape index (κ2) is 8.54. The number of benzene rings is 2. The van der Waals surface area contributed by atoms with E-state index in [1.807, 2.05) is 37.3 Å². The molecule has 1 N–H and O–H groups in total. The van der Waals surface area contributed by atoms with Crippen molar-refractivity contribution in [2.45, 2.75) is 24.7 Å². The summed E-state index contributed by atoms with van der Waals surface area (Å²) in [4.78, 5) is 12.8. The van der Waals surface area contributed by atoms with E-state index in [9.17, 15) is 13.2 Å². The van der Waals surface area contributed by atoms with Gasteiger partial charge in [0.05, 0.1) is 17.4 Å². The number of rotatable bonds is 6. The van der Waals surface area contributed by atoms with Crippen LogP contribution in [0.3, 0.4) is 0 Å². The van der Waals surface area contributed by atoms with Gasteiger partial charge < -0.3 is 10.1 Å². The minimum atomic E-state index is -3.64. The molecule has 1 heterocycles. The zero-order chi connectivity index (χ0) is 19.3. The van der Waals surface area contributed by atoms with Gasteiger partial charge in [-0.1, -0.05) is 18.2 Å². The molecule has 1 atom stereocenters. The predicted molar refractivity (Wildman–Crippen MR) is 104 cm³/mol. The highest BCUT2D eigenvalue weighted by molar-refractivity contribution is 7.89. The zero-order valence-electron chi connectivity index (χ0n) is 15.3. The number of amides is 1. The lowest BCUT2D eigenvalue weighted by Crippen LogP contribution is -2.43. The summed E-state index contributed by atoms with van der Waals surface area (Å²) >= 11 is 0. The lowest BCUT2D eigenvalue weighted by atomic mass is 9.99. The molecule has 0 aliphatic carbocycles. The normalized spacial score (nSPS) is 18.0. The monoisotopic (exact) mass is 388 g/mol. The first-order valence-electron chi connectivity index (χ1n) is 9.09. The first-order chi connectivity index (χ1) is 13.0. The van der Waals surface area contributed by atoms with Crippen LogP contribution in [0.1, 0.15) is 19.8 Å². The third-order valence-corrected chi connectivity index (χ3v) is 6.45. The zero-order valence-corrected chi connectivity index (χ0v) is 16.1. The van der Waals surface area contributed by atoms with Gasteiger partial charge in [0.1, 0.15) is 5.75 Å². The molecule has 2 aromatic carbocycles. The molecule has 0 spiro atoms. The highest BCUT2D eigenvalue weighted by Crippen LogP contribution is 2.26. The Morgan fingerprint density at radius 2 is 1.85 bits per heavy atom. The number of hydrogen-bond acceptors (Lipinski definition) is 4. The number of piperidine rings is 1. The van der Waals surface area contributed by atoms with Gasteiger partial charge in [-0.15, -0.1) is 0 Å². The molecule has 0 saturated carbocycles. The number of hydrogen-bond donors (Lipinski definition) is 1. The van der Waals surface area contributed by atoms with E-state index in [1.165, 1.54) is 4.31 Å². The summed E-state index contributed by atoms with van der Waals surface area (Å²) in [6, 6.07) is 15.6. The number of anilines is 1. The second-order valence-corrected chi connectivity index (χ2v) is 8.40. The molecule has 1 aliphatic rings. The van der Waals surface area contributed by atoms with Crippen LogP contribution in [0.15, 0.2) is 59.5 Å². The van der Waals surface area contributed by atoms with Crippen LogP contribution in [0.2, 0.25) is 0 Å². The molecule has 6 nitrogen and oxygen atoms in total. The molecule has 27 heavy (non-hydrogen) atoms. The lowest BCUT2D eigenvalue weighted by molar-refractivity contribution is -0.120. The van der Waals surface area contributed by atoms with Crippen LogP contribution in [0, 0.1) is 5.92 Å². The molecule has 2 aromatic rings. The maximum Gasteiger partial charge on any atom is 0.243 e. The number of carbonyl (C=O) groups is 1. The Hall–Kier alpha value is -2.38. The van der Waals surface area contributed by atoms with E-state index in [2.05, 4.69) is 5.32 Å². The highest BCUT2D eigenvalue weighted by atomic mass is 32.2. The van der Waals surface area contributed by atoms with Crippen molar-refractivity contribution in [2.75, 3.05) is 25.0 Å². The number of nitrogens with one attached hydrogen (secondary N) is 1. The summed E-state index contributed by atoms with van der Waals surface area (Å²) in [5.74, 6) is 0.124. The Morgan fingerprint density at radius 1 is 1.15 bits per heavy atom. The van der Waals surface area contributed by atoms with Crippen molar-refractivity contribution in [3.05, 3.63) is 54.6 Å². The number of sulfonamides is 1. The van der Waals surface area contributed by atoms with Crippen molar-refractivity contribution < 1.29 is 17.9 Å². The molecule has 0 unspecified atom stereocenters. The van der Waals surface area contributed by atoms with Crippen LogP contribution in [0.4, 0.5) is 5.69 Å². The molecule has 144 valence electrons. The molecule has 3 rings (SSSR count). The minimum absolute atomic E-state index is 0.146. The van der Waals surface area contributed by atoms with Crippen LogP contribution >= 0.6 is 0 Å². The number of carbonyl (C=O) groups excluding carboxylic acids is 1. The fraction of sp³-hybridized carbons (Fsp3) is 0.350. The average molecular weight is 388 g/mol. The van der Waals surface area contributed by atoms with Gasteiger partial charge in [0.2, 0.25) is 15.9 Å². The molecule has 1 fully saturated rings. The number of ether oxygens (including phenoxy) is 1. The molecule has 0 bridgehead atoms. The van der Waals surface area contributed by atoms with E-state index in [0.29, 0.717) is 37.4 Å². The summed E-state index contributed by atoms with van der Waals surface area (Å²) in [6.45, 7) is 3.01. The molecule has 1 aliphatic heterocycles. The van der Waals surface area contributed by atoms with Gasteiger partial charge in [0.25, 0.3) is 0 Å². The van der Waals surface area contributed by atoms with E-state index < -0.39 is 10.0 Å². The number of nitrogens with zero attached hydrogens (tertiary/aromatic N) is 1. The SMILES string of the molecule is CCOc1ccc(S(=O)(=O)N2CCC[C@@H](C(=O)Nc3ccccc3)C2)cc1. The molecule has 0 radical (unpaired) electrons. The van der Waals surface area contributed by atoms with E-state index in [4.69, 9.17) is 4.74 Å². The van der Waals surface area contributed by atoms with E-state index in [1.54, 1.807) is 24.3 Å². The van der Waals surface area contributed by atoms with E-state index >= 15 is 0 Å². The lowest BCUT2D eigenvalue weighted by Gasteiger charge is -2.31. The smallest absolute Gasteiger partial charge is 0.243 e. The summed E-state index contributed by atoms with van der Waals surface area (Å²) < 4.78 is 32.6. The van der Waals surface area contributed by atoms with Crippen molar-refractivity contribution in [1.82, 2.24) is 4.31 Å². The molecule has 1 amide bonds. The average Bonchev–Trinajstić information content (AvgIpc) is 2.69. The topological polar surface area (TPSA) is 75.7 Å². The number of para-hydroxylation sites is 1. The van der Waals surface area contributed by atoms with Crippen molar-refractivity contribution in [3.63, 3.8) is 0 Å². The first-order valence-corrected chi connectivity index (χ1v) is 10.5. The maximum absolute atomic E-state index is 12.9. The van der Waals surface area contributed by atoms with Crippen molar-refractivity contribution in [2.24, 2.45) is 5.92 Å². The van der Waals surface area contributed by atoms with Crippen LogP contribution in [-0.4, -0.2) is 38.3 Å². The van der Waals surface area contributed by atoms with Crippen LogP contribution in [0.5, 0.6) is 5.75 Å². The standard InChI is InChI=1S/C20H24N2O4S/c1-2-26-18-10-12-19(13-11-18)27(24,25)22-14-6-7-16(15-22)20(23)21-17-8-4-3-5-9-17/h3-5,8-13,16H,2,6-7,14-15H2,1H3,(H,21,23)/t16-/m1/s1. The van der Waals surface area contributed by atoms with Gasteiger partial charge in [-0.2, -0.15) is 4.31 Å². The van der Waals surface area contributed by atoms with Crippen molar-refractivity contribution in [1.29, 1.82) is 0 Å². The summed E-state index contributed by atoms with van der Waals surface area (Å²) in [7, 11) is -3.64. The Balaban J connectivity index is 1.70. The maximum atomic E-state index is 12.9. The van der Waals surface area contributed by atoms with Gasteiger partial charge in [-0.05, 0) is 56.2 Å². The summed E-state index contributed by atoms with van der Waals surface area (Å²) in [5, 5.41) is 2.87. The van der Waals surface area contributed by atoms with Gasteiger partial charge in [-0.3, -0.25) is 4.79 Å². The fourth-order valence-electron chi connectivity index (χ4n) is 3.16. The van der Waals surface area contributed by atoms with Gasteiger partial charge in [0, 0.05) is 18.8 Å². The summed E-state index contributed by atoms with van der Waals surface area (Å²) in [6.07, 6.45) is 1.33. The highest BCUT2D eigenvalue weighted by Gasteiger charge is 2.33. The van der Waals surface area contributed by atoms with Gasteiger partial charge in [-0.25, -0.2) is 8.42 Å². The van der Waals surface area contributed by atoms with Gasteiger partial charge >= 0.3 is 0 Å².